The fraction of sp³-hybridized carbons (Fsp3) is 0.250. The Hall–Kier alpha value is -4.36. The Kier molecular flexibility index (Phi) is 3.90. The number of nitro benzene ring substituents is 2. The van der Waals surface area contributed by atoms with Crippen LogP contribution in [0.5, 0.6) is 0 Å². The zero-order valence-corrected chi connectivity index (χ0v) is 15.2. The van der Waals surface area contributed by atoms with Crippen LogP contribution in [-0.4, -0.2) is 56.7 Å². The fourth-order valence-corrected chi connectivity index (χ4v) is 3.67. The smallest absolute Gasteiger partial charge is 0.300 e. The van der Waals surface area contributed by atoms with Crippen LogP contribution in [0.15, 0.2) is 33.5 Å². The number of anilines is 2. The summed E-state index contributed by atoms with van der Waals surface area (Å²) in [4.78, 5) is 25.3. The number of nitro groups is 2. The first kappa shape index (κ1) is 17.7. The summed E-state index contributed by atoms with van der Waals surface area (Å²) >= 11 is 0. The molecule has 14 nitrogen and oxygen atoms in total. The van der Waals surface area contributed by atoms with Gasteiger partial charge in [-0.15, -0.1) is 0 Å². The van der Waals surface area contributed by atoms with Crippen LogP contribution in [0.3, 0.4) is 0 Å². The van der Waals surface area contributed by atoms with Crippen LogP contribution >= 0.6 is 0 Å². The molecule has 0 saturated carbocycles. The number of benzene rings is 2. The Morgan fingerprint density at radius 3 is 1.40 bits per heavy atom. The summed E-state index contributed by atoms with van der Waals surface area (Å²) in [7, 11) is 0. The van der Waals surface area contributed by atoms with Gasteiger partial charge in [-0.05, 0) is 32.8 Å². The zero-order chi connectivity index (χ0) is 20.8. The van der Waals surface area contributed by atoms with Gasteiger partial charge >= 0.3 is 11.4 Å². The van der Waals surface area contributed by atoms with E-state index >= 15 is 0 Å². The maximum absolute atomic E-state index is 11.2. The molecule has 152 valence electrons. The van der Waals surface area contributed by atoms with Gasteiger partial charge in [-0.25, -0.2) is 9.26 Å². The van der Waals surface area contributed by atoms with Crippen molar-refractivity contribution in [1.29, 1.82) is 0 Å². The number of rotatable bonds is 4. The Balaban J connectivity index is 1.42. The quantitative estimate of drug-likeness (QED) is 0.352. The summed E-state index contributed by atoms with van der Waals surface area (Å²) in [5, 5.41) is 37.3. The SMILES string of the molecule is O=[N+]([O-])c1ccc(N2CCN(c3ccc([N+](=O)[O-])c4nonc34)CC2)c2nonc12. The summed E-state index contributed by atoms with van der Waals surface area (Å²) in [6.07, 6.45) is 0. The molecule has 0 unspecified atom stereocenters. The van der Waals surface area contributed by atoms with Crippen LogP contribution in [0.1, 0.15) is 0 Å². The van der Waals surface area contributed by atoms with Gasteiger partial charge < -0.3 is 9.80 Å². The van der Waals surface area contributed by atoms with E-state index in [-0.39, 0.29) is 22.4 Å². The average molecular weight is 412 g/mol. The van der Waals surface area contributed by atoms with E-state index in [0.717, 1.165) is 0 Å². The molecule has 5 rings (SSSR count). The molecule has 14 heteroatoms. The highest BCUT2D eigenvalue weighted by Gasteiger charge is 2.27. The second-order valence-corrected chi connectivity index (χ2v) is 6.62. The molecule has 0 spiro atoms. The minimum Gasteiger partial charge on any atom is -0.366 e. The van der Waals surface area contributed by atoms with Crippen LogP contribution in [0.25, 0.3) is 22.1 Å². The third kappa shape index (κ3) is 2.65. The third-order valence-electron chi connectivity index (χ3n) is 5.10. The van der Waals surface area contributed by atoms with Gasteiger partial charge in [0.05, 0.1) is 21.2 Å². The molecule has 0 atom stereocenters. The van der Waals surface area contributed by atoms with E-state index in [1.165, 1.54) is 12.1 Å². The summed E-state index contributed by atoms with van der Waals surface area (Å²) in [6.45, 7) is 2.29. The van der Waals surface area contributed by atoms with E-state index in [9.17, 15) is 20.2 Å². The summed E-state index contributed by atoms with van der Waals surface area (Å²) in [5.74, 6) is 0. The lowest BCUT2D eigenvalue weighted by Crippen LogP contribution is -2.46. The van der Waals surface area contributed by atoms with E-state index in [1.54, 1.807) is 12.1 Å². The minimum atomic E-state index is -0.528. The summed E-state index contributed by atoms with van der Waals surface area (Å²) < 4.78 is 9.45. The maximum atomic E-state index is 11.2. The molecule has 1 aliphatic heterocycles. The first-order chi connectivity index (χ1) is 14.5. The van der Waals surface area contributed by atoms with Crippen molar-refractivity contribution in [3.05, 3.63) is 44.5 Å². The van der Waals surface area contributed by atoms with Crippen LogP contribution < -0.4 is 9.80 Å². The van der Waals surface area contributed by atoms with Crippen molar-refractivity contribution >= 4 is 44.8 Å². The summed E-state index contributed by atoms with van der Waals surface area (Å²) in [6, 6.07) is 6.03. The highest BCUT2D eigenvalue weighted by molar-refractivity contribution is 5.95. The molecule has 3 heterocycles. The molecular formula is C16H12N8O6. The number of hydrogen-bond donors (Lipinski definition) is 0. The number of hydrogen-bond acceptors (Lipinski definition) is 12. The largest absolute Gasteiger partial charge is 0.366 e. The maximum Gasteiger partial charge on any atom is 0.300 e. The van der Waals surface area contributed by atoms with Crippen molar-refractivity contribution in [2.24, 2.45) is 0 Å². The molecular weight excluding hydrogens is 400 g/mol. The highest BCUT2D eigenvalue weighted by atomic mass is 16.6. The van der Waals surface area contributed by atoms with E-state index in [4.69, 9.17) is 9.26 Å². The molecule has 0 aliphatic carbocycles. The second kappa shape index (κ2) is 6.61. The standard InChI is InChI=1S/C16H12N8O6/c25-23(26)11-3-1-9(13-15(11)19-29-17-13)21-5-7-22(8-6-21)10-2-4-12(24(27)28)16-14(10)18-30-20-16/h1-4H,5-8H2. The van der Waals surface area contributed by atoms with Crippen LogP contribution in [0, 0.1) is 20.2 Å². The van der Waals surface area contributed by atoms with Crippen molar-refractivity contribution in [1.82, 2.24) is 20.6 Å². The van der Waals surface area contributed by atoms with Gasteiger partial charge in [-0.3, -0.25) is 20.2 Å². The number of piperazine rings is 1. The molecule has 30 heavy (non-hydrogen) atoms. The molecule has 0 radical (unpaired) electrons. The van der Waals surface area contributed by atoms with Crippen molar-refractivity contribution in [2.45, 2.75) is 0 Å². The van der Waals surface area contributed by atoms with Crippen LogP contribution in [-0.2, 0) is 0 Å². The van der Waals surface area contributed by atoms with Crippen LogP contribution in [0.4, 0.5) is 22.7 Å². The van der Waals surface area contributed by atoms with Gasteiger partial charge in [0.2, 0.25) is 11.0 Å². The molecule has 1 aliphatic rings. The molecule has 1 fully saturated rings. The normalized spacial score (nSPS) is 14.5. The van der Waals surface area contributed by atoms with Gasteiger partial charge in [0.1, 0.15) is 0 Å². The summed E-state index contributed by atoms with van der Waals surface area (Å²) in [5.41, 5.74) is 1.91. The molecule has 0 bridgehead atoms. The van der Waals surface area contributed by atoms with E-state index in [2.05, 4.69) is 20.6 Å². The predicted molar refractivity (Wildman–Crippen MR) is 101 cm³/mol. The van der Waals surface area contributed by atoms with Crippen molar-refractivity contribution in [3.8, 4) is 0 Å². The van der Waals surface area contributed by atoms with E-state index in [1.807, 2.05) is 9.80 Å². The Morgan fingerprint density at radius 2 is 1.03 bits per heavy atom. The topological polar surface area (TPSA) is 171 Å². The Morgan fingerprint density at radius 1 is 0.667 bits per heavy atom. The molecule has 2 aromatic heterocycles. The molecule has 2 aromatic carbocycles. The van der Waals surface area contributed by atoms with Gasteiger partial charge in [0.15, 0.2) is 11.0 Å². The van der Waals surface area contributed by atoms with E-state index < -0.39 is 9.85 Å². The average Bonchev–Trinajstić information content (AvgIpc) is 3.42. The number of non-ortho nitro benzene ring substituents is 2. The monoisotopic (exact) mass is 412 g/mol. The zero-order valence-electron chi connectivity index (χ0n) is 15.2. The Bertz CT molecular complexity index is 1190. The first-order valence-electron chi connectivity index (χ1n) is 8.84. The molecule has 0 N–H and O–H groups in total. The third-order valence-corrected chi connectivity index (χ3v) is 5.10. The number of nitrogens with zero attached hydrogens (tertiary/aromatic N) is 8. The van der Waals surface area contributed by atoms with Crippen molar-refractivity contribution in [2.75, 3.05) is 36.0 Å². The lowest BCUT2D eigenvalue weighted by Gasteiger charge is -2.37. The van der Waals surface area contributed by atoms with Crippen molar-refractivity contribution < 1.29 is 19.1 Å². The second-order valence-electron chi connectivity index (χ2n) is 6.62. The molecule has 4 aromatic rings. The van der Waals surface area contributed by atoms with Gasteiger partial charge in [-0.2, -0.15) is 0 Å². The lowest BCUT2D eigenvalue weighted by molar-refractivity contribution is -0.383. The minimum absolute atomic E-state index is 0.102. The van der Waals surface area contributed by atoms with Crippen LogP contribution in [0.2, 0.25) is 0 Å². The van der Waals surface area contributed by atoms with Gasteiger partial charge in [-0.1, -0.05) is 0 Å². The molecule has 1 saturated heterocycles. The predicted octanol–water partition coefficient (Wildman–Crippen LogP) is 1.90. The fourth-order valence-electron chi connectivity index (χ4n) is 3.67. The van der Waals surface area contributed by atoms with Gasteiger partial charge in [0, 0.05) is 38.3 Å². The number of fused-ring (bicyclic) bond motifs is 2. The highest BCUT2D eigenvalue weighted by Crippen LogP contribution is 2.34. The molecule has 0 amide bonds. The first-order valence-corrected chi connectivity index (χ1v) is 8.84. The number of aromatic nitrogens is 4. The van der Waals surface area contributed by atoms with Gasteiger partial charge in [0.25, 0.3) is 0 Å². The van der Waals surface area contributed by atoms with Crippen molar-refractivity contribution in [3.63, 3.8) is 0 Å². The lowest BCUT2D eigenvalue weighted by atomic mass is 10.1. The van der Waals surface area contributed by atoms with E-state index in [0.29, 0.717) is 48.6 Å². The Labute approximate surface area is 165 Å².